The van der Waals surface area contributed by atoms with Gasteiger partial charge in [0, 0.05) is 37.3 Å². The molecule has 0 bridgehead atoms. The minimum Gasteiger partial charge on any atom is -0.481 e. The van der Waals surface area contributed by atoms with Crippen molar-refractivity contribution in [2.24, 2.45) is 11.8 Å². The van der Waals surface area contributed by atoms with E-state index in [0.717, 1.165) is 5.76 Å². The Morgan fingerprint density at radius 1 is 1.33 bits per heavy atom. The maximum atomic E-state index is 13.8. The lowest BCUT2D eigenvalue weighted by atomic mass is 9.93. The number of nitrogens with one attached hydrogen (secondary N) is 2. The number of aromatic nitrogens is 2. The SMILES string of the molecule is CC(C)CN(C(=O)c1cnc(C(C)(C)C)nc1NCc1ccco1)[C@H]1CNC[C@H](C(=O)O)C1. The Balaban J connectivity index is 1.94. The number of carboxylic acid groups (broad SMARTS) is 1. The lowest BCUT2D eigenvalue weighted by Crippen LogP contribution is -2.53. The molecule has 1 aliphatic heterocycles. The Morgan fingerprint density at radius 3 is 2.70 bits per heavy atom. The third-order valence-corrected chi connectivity index (χ3v) is 5.64. The number of amides is 1. The van der Waals surface area contributed by atoms with Gasteiger partial charge in [0.15, 0.2) is 0 Å². The van der Waals surface area contributed by atoms with Gasteiger partial charge in [-0.15, -0.1) is 0 Å². The highest BCUT2D eigenvalue weighted by molar-refractivity contribution is 5.98. The molecule has 3 heterocycles. The quantitative estimate of drug-likeness (QED) is 0.553. The molecule has 3 N–H and O–H groups in total. The lowest BCUT2D eigenvalue weighted by Gasteiger charge is -2.38. The zero-order chi connectivity index (χ0) is 24.2. The Morgan fingerprint density at radius 2 is 2.09 bits per heavy atom. The number of nitrogens with zero attached hydrogens (tertiary/aromatic N) is 3. The third kappa shape index (κ3) is 6.31. The van der Waals surface area contributed by atoms with Crippen molar-refractivity contribution in [2.75, 3.05) is 25.0 Å². The van der Waals surface area contributed by atoms with Crippen LogP contribution in [0.2, 0.25) is 0 Å². The van der Waals surface area contributed by atoms with Gasteiger partial charge >= 0.3 is 5.97 Å². The predicted molar refractivity (Wildman–Crippen MR) is 125 cm³/mol. The summed E-state index contributed by atoms with van der Waals surface area (Å²) in [7, 11) is 0. The van der Waals surface area contributed by atoms with Crippen LogP contribution in [0.1, 0.15) is 63.0 Å². The van der Waals surface area contributed by atoms with E-state index < -0.39 is 11.9 Å². The number of hydrogen-bond acceptors (Lipinski definition) is 7. The molecule has 2 aromatic heterocycles. The van der Waals surface area contributed by atoms with Gasteiger partial charge in [-0.2, -0.15) is 0 Å². The van der Waals surface area contributed by atoms with Gasteiger partial charge < -0.3 is 25.1 Å². The van der Waals surface area contributed by atoms with Crippen LogP contribution in [0, 0.1) is 11.8 Å². The zero-order valence-electron chi connectivity index (χ0n) is 20.1. The minimum absolute atomic E-state index is 0.205. The van der Waals surface area contributed by atoms with E-state index in [1.165, 1.54) is 0 Å². The molecule has 1 saturated heterocycles. The Bertz CT molecular complexity index is 952. The van der Waals surface area contributed by atoms with Gasteiger partial charge in [-0.3, -0.25) is 9.59 Å². The van der Waals surface area contributed by atoms with Crippen LogP contribution in [0.5, 0.6) is 0 Å². The molecule has 0 unspecified atom stereocenters. The first-order valence-corrected chi connectivity index (χ1v) is 11.4. The molecule has 0 aliphatic carbocycles. The van der Waals surface area contributed by atoms with Crippen molar-refractivity contribution >= 4 is 17.7 Å². The van der Waals surface area contributed by atoms with Crippen LogP contribution in [0.3, 0.4) is 0 Å². The van der Waals surface area contributed by atoms with Gasteiger partial charge in [0.25, 0.3) is 5.91 Å². The highest BCUT2D eigenvalue weighted by Gasteiger charge is 2.34. The Labute approximate surface area is 195 Å². The Kier molecular flexibility index (Phi) is 7.73. The van der Waals surface area contributed by atoms with Crippen molar-refractivity contribution in [3.05, 3.63) is 41.7 Å². The summed E-state index contributed by atoms with van der Waals surface area (Å²) in [4.78, 5) is 36.4. The van der Waals surface area contributed by atoms with Crippen molar-refractivity contribution in [3.8, 4) is 0 Å². The zero-order valence-corrected chi connectivity index (χ0v) is 20.1. The number of rotatable bonds is 8. The van der Waals surface area contributed by atoms with Crippen molar-refractivity contribution in [2.45, 2.75) is 59.0 Å². The normalized spacial score (nSPS) is 18.8. The second-order valence-corrected chi connectivity index (χ2v) is 10.1. The maximum Gasteiger partial charge on any atom is 0.307 e. The fraction of sp³-hybridized carbons (Fsp3) is 0.583. The molecule has 9 nitrogen and oxygen atoms in total. The number of carbonyl (C=O) groups excluding carboxylic acids is 1. The number of anilines is 1. The summed E-state index contributed by atoms with van der Waals surface area (Å²) in [5.74, 6) is 0.442. The first kappa shape index (κ1) is 24.7. The number of carboxylic acids is 1. The maximum absolute atomic E-state index is 13.8. The van der Waals surface area contributed by atoms with Gasteiger partial charge in [0.05, 0.1) is 18.7 Å². The first-order valence-electron chi connectivity index (χ1n) is 11.4. The summed E-state index contributed by atoms with van der Waals surface area (Å²) < 4.78 is 5.42. The fourth-order valence-corrected chi connectivity index (χ4v) is 3.91. The van der Waals surface area contributed by atoms with E-state index in [-0.39, 0.29) is 23.3 Å². The third-order valence-electron chi connectivity index (χ3n) is 5.64. The highest BCUT2D eigenvalue weighted by Crippen LogP contribution is 2.25. The van der Waals surface area contributed by atoms with E-state index in [0.29, 0.717) is 49.8 Å². The van der Waals surface area contributed by atoms with E-state index in [2.05, 4.69) is 15.6 Å². The summed E-state index contributed by atoms with van der Waals surface area (Å²) in [5, 5.41) is 15.9. The number of furan rings is 1. The molecular weight excluding hydrogens is 422 g/mol. The van der Waals surface area contributed by atoms with Crippen molar-refractivity contribution < 1.29 is 19.1 Å². The molecule has 9 heteroatoms. The number of aliphatic carboxylic acids is 1. The number of hydrogen-bond donors (Lipinski definition) is 3. The van der Waals surface area contributed by atoms with Crippen LogP contribution in [0.25, 0.3) is 0 Å². The van der Waals surface area contributed by atoms with E-state index in [1.54, 1.807) is 17.4 Å². The molecule has 0 spiro atoms. The number of piperidine rings is 1. The summed E-state index contributed by atoms with van der Waals surface area (Å²) in [6.07, 6.45) is 3.60. The molecule has 2 aromatic rings. The smallest absolute Gasteiger partial charge is 0.307 e. The molecule has 180 valence electrons. The monoisotopic (exact) mass is 457 g/mol. The standard InChI is InChI=1S/C24H35N5O4/c1-15(2)14-29(17-9-16(22(31)32)10-25-11-17)21(30)19-13-27-23(24(3,4)5)28-20(19)26-12-18-7-6-8-33-18/h6-8,13,15-17,25H,9-12,14H2,1-5H3,(H,31,32)(H,26,27,28)/t16-,17-/m1/s1. The molecule has 33 heavy (non-hydrogen) atoms. The second kappa shape index (κ2) is 10.3. The van der Waals surface area contributed by atoms with Crippen LogP contribution >= 0.6 is 0 Å². The van der Waals surface area contributed by atoms with Crippen molar-refractivity contribution in [1.82, 2.24) is 20.2 Å². The molecule has 1 aliphatic rings. The minimum atomic E-state index is -0.845. The van der Waals surface area contributed by atoms with Crippen LogP contribution in [0.4, 0.5) is 5.82 Å². The van der Waals surface area contributed by atoms with Gasteiger partial charge in [0.1, 0.15) is 23.0 Å². The molecule has 0 radical (unpaired) electrons. The molecule has 2 atom stereocenters. The van der Waals surface area contributed by atoms with Gasteiger partial charge in [-0.05, 0) is 24.5 Å². The van der Waals surface area contributed by atoms with E-state index in [9.17, 15) is 14.7 Å². The van der Waals surface area contributed by atoms with Crippen LogP contribution in [-0.4, -0.2) is 57.5 Å². The van der Waals surface area contributed by atoms with Crippen molar-refractivity contribution in [1.29, 1.82) is 0 Å². The molecule has 0 aromatic carbocycles. The molecule has 3 rings (SSSR count). The van der Waals surface area contributed by atoms with E-state index in [4.69, 9.17) is 9.40 Å². The summed E-state index contributed by atoms with van der Waals surface area (Å²) in [6.45, 7) is 12.0. The highest BCUT2D eigenvalue weighted by atomic mass is 16.4. The molecular formula is C24H35N5O4. The predicted octanol–water partition coefficient (Wildman–Crippen LogP) is 3.14. The summed E-state index contributed by atoms with van der Waals surface area (Å²) >= 11 is 0. The molecule has 1 fully saturated rings. The summed E-state index contributed by atoms with van der Waals surface area (Å²) in [5.41, 5.74) is 0.0788. The average molecular weight is 458 g/mol. The molecule has 1 amide bonds. The topological polar surface area (TPSA) is 121 Å². The lowest BCUT2D eigenvalue weighted by molar-refractivity contribution is -0.142. The van der Waals surface area contributed by atoms with Gasteiger partial charge in [0.2, 0.25) is 0 Å². The fourth-order valence-electron chi connectivity index (χ4n) is 3.91. The first-order chi connectivity index (χ1) is 15.6. The molecule has 0 saturated carbocycles. The largest absolute Gasteiger partial charge is 0.481 e. The number of carbonyl (C=O) groups is 2. The Hall–Kier alpha value is -2.94. The van der Waals surface area contributed by atoms with E-state index in [1.807, 2.05) is 46.8 Å². The average Bonchev–Trinajstić information content (AvgIpc) is 3.28. The van der Waals surface area contributed by atoms with Crippen LogP contribution in [-0.2, 0) is 16.8 Å². The van der Waals surface area contributed by atoms with Gasteiger partial charge in [-0.1, -0.05) is 34.6 Å². The second-order valence-electron chi connectivity index (χ2n) is 10.1. The summed E-state index contributed by atoms with van der Waals surface area (Å²) in [6, 6.07) is 3.43. The van der Waals surface area contributed by atoms with Gasteiger partial charge in [-0.25, -0.2) is 9.97 Å². The van der Waals surface area contributed by atoms with E-state index >= 15 is 0 Å². The van der Waals surface area contributed by atoms with Crippen molar-refractivity contribution in [3.63, 3.8) is 0 Å². The van der Waals surface area contributed by atoms with Crippen LogP contribution in [0.15, 0.2) is 29.0 Å². The van der Waals surface area contributed by atoms with Crippen LogP contribution < -0.4 is 10.6 Å².